The Balaban J connectivity index is 1.89. The van der Waals surface area contributed by atoms with Crippen molar-refractivity contribution >= 4 is 11.9 Å². The van der Waals surface area contributed by atoms with E-state index in [0.29, 0.717) is 43.2 Å². The van der Waals surface area contributed by atoms with Crippen molar-refractivity contribution in [1.29, 1.82) is 0 Å². The van der Waals surface area contributed by atoms with Crippen LogP contribution in [0.25, 0.3) is 0 Å². The fourth-order valence-corrected chi connectivity index (χ4v) is 3.42. The number of nitrogens with zero attached hydrogens (tertiary/aromatic N) is 2. The average Bonchev–Trinajstić information content (AvgIpc) is 2.94. The zero-order chi connectivity index (χ0) is 20.3. The second-order valence-corrected chi connectivity index (χ2v) is 6.31. The Hall–Kier alpha value is -3.29. The van der Waals surface area contributed by atoms with Crippen molar-refractivity contribution in [3.63, 3.8) is 0 Å². The molecule has 1 N–H and O–H groups in total. The average molecular weight is 386 g/mol. The number of carboxylic acids is 1. The summed E-state index contributed by atoms with van der Waals surface area (Å²) in [7, 11) is 4.70. The van der Waals surface area contributed by atoms with E-state index in [1.165, 1.54) is 18.3 Å². The normalized spacial score (nSPS) is 13.3. The Bertz CT molecular complexity index is 912. The van der Waals surface area contributed by atoms with E-state index in [-0.39, 0.29) is 17.2 Å². The number of hydrogen-bond donors (Lipinski definition) is 1. The number of ether oxygens (including phenoxy) is 3. The first-order valence-corrected chi connectivity index (χ1v) is 8.79. The molecule has 1 aliphatic heterocycles. The highest BCUT2D eigenvalue weighted by atomic mass is 16.5. The smallest absolute Gasteiger partial charge is 0.335 e. The summed E-state index contributed by atoms with van der Waals surface area (Å²) in [6.45, 7) is 0.931. The minimum absolute atomic E-state index is 0.0348. The third-order valence-electron chi connectivity index (χ3n) is 4.82. The van der Waals surface area contributed by atoms with Gasteiger partial charge in [0, 0.05) is 24.8 Å². The summed E-state index contributed by atoms with van der Waals surface area (Å²) in [4.78, 5) is 29.7. The largest absolute Gasteiger partial charge is 0.493 e. The van der Waals surface area contributed by atoms with Crippen LogP contribution in [0.5, 0.6) is 17.2 Å². The molecule has 1 amide bonds. The molecule has 0 saturated heterocycles. The van der Waals surface area contributed by atoms with E-state index in [1.54, 1.807) is 26.2 Å². The molecule has 1 aliphatic rings. The number of aromatic carboxylic acids is 1. The van der Waals surface area contributed by atoms with Crippen LogP contribution in [0.15, 0.2) is 24.4 Å². The lowest BCUT2D eigenvalue weighted by atomic mass is 10.0. The lowest BCUT2D eigenvalue weighted by Gasteiger charge is -2.20. The molecular weight excluding hydrogens is 364 g/mol. The van der Waals surface area contributed by atoms with Gasteiger partial charge in [0.05, 0.1) is 26.9 Å². The number of benzene rings is 1. The van der Waals surface area contributed by atoms with Gasteiger partial charge in [-0.15, -0.1) is 0 Å². The fraction of sp³-hybridized carbons (Fsp3) is 0.350. The van der Waals surface area contributed by atoms with Crippen LogP contribution in [0.2, 0.25) is 0 Å². The maximum absolute atomic E-state index is 12.9. The second-order valence-electron chi connectivity index (χ2n) is 6.31. The SMILES string of the molecule is COc1cc2c(c(OC)c1OC)CCN(C(=O)c1cc(C(=O)O)ccn1)CC2. The Morgan fingerprint density at radius 3 is 2.39 bits per heavy atom. The number of pyridine rings is 1. The van der Waals surface area contributed by atoms with E-state index in [4.69, 9.17) is 19.3 Å². The van der Waals surface area contributed by atoms with Crippen molar-refractivity contribution < 1.29 is 28.9 Å². The number of carboxylic acid groups (broad SMARTS) is 1. The number of aromatic nitrogens is 1. The van der Waals surface area contributed by atoms with Gasteiger partial charge in [-0.25, -0.2) is 4.79 Å². The van der Waals surface area contributed by atoms with Crippen LogP contribution in [0, 0.1) is 0 Å². The van der Waals surface area contributed by atoms with Gasteiger partial charge in [0.15, 0.2) is 11.5 Å². The maximum Gasteiger partial charge on any atom is 0.335 e. The number of carbonyl (C=O) groups is 2. The van der Waals surface area contributed by atoms with Crippen molar-refractivity contribution in [2.75, 3.05) is 34.4 Å². The van der Waals surface area contributed by atoms with Crippen LogP contribution in [-0.4, -0.2) is 61.3 Å². The first-order valence-electron chi connectivity index (χ1n) is 8.79. The summed E-state index contributed by atoms with van der Waals surface area (Å²) in [5.74, 6) is 0.322. The van der Waals surface area contributed by atoms with Gasteiger partial charge in [-0.1, -0.05) is 0 Å². The molecule has 0 atom stereocenters. The van der Waals surface area contributed by atoms with E-state index in [1.807, 2.05) is 6.07 Å². The van der Waals surface area contributed by atoms with E-state index < -0.39 is 5.97 Å². The number of rotatable bonds is 5. The van der Waals surface area contributed by atoms with Gasteiger partial charge in [0.25, 0.3) is 5.91 Å². The molecule has 2 heterocycles. The van der Waals surface area contributed by atoms with Crippen LogP contribution >= 0.6 is 0 Å². The first-order chi connectivity index (χ1) is 13.5. The van der Waals surface area contributed by atoms with Crippen LogP contribution < -0.4 is 14.2 Å². The standard InChI is InChI=1S/C20H22N2O6/c1-26-16-11-12-5-8-22(9-6-14(12)17(27-2)18(16)28-3)19(23)15-10-13(20(24)25)4-7-21-15/h4,7,10-11H,5-6,8-9H2,1-3H3,(H,24,25). The first kappa shape index (κ1) is 19.5. The summed E-state index contributed by atoms with van der Waals surface area (Å²) in [5, 5.41) is 9.13. The molecule has 0 radical (unpaired) electrons. The molecule has 1 aromatic carbocycles. The van der Waals surface area contributed by atoms with Gasteiger partial charge >= 0.3 is 5.97 Å². The molecular formula is C20H22N2O6. The summed E-state index contributed by atoms with van der Waals surface area (Å²) in [6, 6.07) is 4.57. The highest BCUT2D eigenvalue weighted by Crippen LogP contribution is 2.43. The summed E-state index contributed by atoms with van der Waals surface area (Å²) >= 11 is 0. The van der Waals surface area contributed by atoms with Crippen LogP contribution in [0.4, 0.5) is 0 Å². The minimum atomic E-state index is -1.09. The van der Waals surface area contributed by atoms with E-state index >= 15 is 0 Å². The van der Waals surface area contributed by atoms with Gasteiger partial charge in [0.2, 0.25) is 5.75 Å². The highest BCUT2D eigenvalue weighted by molar-refractivity contribution is 5.95. The van der Waals surface area contributed by atoms with Gasteiger partial charge in [-0.3, -0.25) is 9.78 Å². The topological polar surface area (TPSA) is 98.2 Å². The third kappa shape index (κ3) is 3.58. The van der Waals surface area contributed by atoms with Crippen LogP contribution in [0.1, 0.15) is 32.0 Å². The van der Waals surface area contributed by atoms with Gasteiger partial charge in [-0.2, -0.15) is 0 Å². The molecule has 2 aromatic rings. The van der Waals surface area contributed by atoms with E-state index in [0.717, 1.165) is 11.1 Å². The van der Waals surface area contributed by atoms with Gasteiger partial charge in [-0.05, 0) is 36.6 Å². The highest BCUT2D eigenvalue weighted by Gasteiger charge is 2.26. The zero-order valence-corrected chi connectivity index (χ0v) is 16.0. The predicted octanol–water partition coefficient (Wildman–Crippen LogP) is 2.05. The van der Waals surface area contributed by atoms with Crippen molar-refractivity contribution in [3.05, 3.63) is 46.8 Å². The Kier molecular flexibility index (Phi) is 5.67. The Labute approximate surface area is 162 Å². The molecule has 0 saturated carbocycles. The number of hydrogen-bond acceptors (Lipinski definition) is 6. The quantitative estimate of drug-likeness (QED) is 0.840. The Morgan fingerprint density at radius 2 is 1.75 bits per heavy atom. The fourth-order valence-electron chi connectivity index (χ4n) is 3.42. The lowest BCUT2D eigenvalue weighted by molar-refractivity contribution is 0.0696. The molecule has 148 valence electrons. The molecule has 0 spiro atoms. The van der Waals surface area contributed by atoms with E-state index in [2.05, 4.69) is 4.98 Å². The van der Waals surface area contributed by atoms with Crippen molar-refractivity contribution in [2.45, 2.75) is 12.8 Å². The summed E-state index contributed by atoms with van der Waals surface area (Å²) < 4.78 is 16.4. The molecule has 8 heteroatoms. The number of amides is 1. The molecule has 3 rings (SSSR count). The molecule has 0 aliphatic carbocycles. The summed E-state index contributed by atoms with van der Waals surface area (Å²) in [6.07, 6.45) is 2.52. The van der Waals surface area contributed by atoms with E-state index in [9.17, 15) is 9.59 Å². The Morgan fingerprint density at radius 1 is 1.04 bits per heavy atom. The minimum Gasteiger partial charge on any atom is -0.493 e. The second kappa shape index (κ2) is 8.16. The number of carbonyl (C=O) groups excluding carboxylic acids is 1. The van der Waals surface area contributed by atoms with Gasteiger partial charge in [0.1, 0.15) is 5.69 Å². The lowest BCUT2D eigenvalue weighted by Crippen LogP contribution is -2.34. The number of fused-ring (bicyclic) bond motifs is 1. The van der Waals surface area contributed by atoms with Crippen molar-refractivity contribution in [3.8, 4) is 17.2 Å². The third-order valence-corrected chi connectivity index (χ3v) is 4.82. The monoisotopic (exact) mass is 386 g/mol. The molecule has 8 nitrogen and oxygen atoms in total. The van der Waals surface area contributed by atoms with Gasteiger partial charge < -0.3 is 24.2 Å². The van der Waals surface area contributed by atoms with Crippen molar-refractivity contribution in [1.82, 2.24) is 9.88 Å². The predicted molar refractivity (Wildman–Crippen MR) is 101 cm³/mol. The van der Waals surface area contributed by atoms with Crippen molar-refractivity contribution in [2.24, 2.45) is 0 Å². The molecule has 1 aromatic heterocycles. The molecule has 0 unspecified atom stereocenters. The molecule has 0 fully saturated rings. The van der Waals surface area contributed by atoms with Crippen LogP contribution in [-0.2, 0) is 12.8 Å². The summed E-state index contributed by atoms with van der Waals surface area (Å²) in [5.41, 5.74) is 2.15. The number of methoxy groups -OCH3 is 3. The maximum atomic E-state index is 12.9. The molecule has 28 heavy (non-hydrogen) atoms. The van der Waals surface area contributed by atoms with Crippen LogP contribution in [0.3, 0.4) is 0 Å². The zero-order valence-electron chi connectivity index (χ0n) is 16.0. The molecule has 0 bridgehead atoms.